The quantitative estimate of drug-likeness (QED) is 0.202. The minimum atomic E-state index is -0.767. The summed E-state index contributed by atoms with van der Waals surface area (Å²) in [6.45, 7) is 7.21. The van der Waals surface area contributed by atoms with Gasteiger partial charge in [-0.15, -0.1) is 16.7 Å². The molecule has 7 nitrogen and oxygen atoms in total. The molecule has 10 heteroatoms. The molecule has 0 saturated heterocycles. The van der Waals surface area contributed by atoms with Crippen LogP contribution in [0.5, 0.6) is 11.5 Å². The third-order valence-electron chi connectivity index (χ3n) is 5.73. The van der Waals surface area contributed by atoms with E-state index in [4.69, 9.17) is 21.1 Å². The first-order valence-corrected chi connectivity index (χ1v) is 13.9. The lowest BCUT2D eigenvalue weighted by molar-refractivity contribution is 0.0877. The van der Waals surface area contributed by atoms with E-state index in [0.717, 1.165) is 14.9 Å². The molecule has 0 radical (unpaired) electrons. The number of aromatic nitrogens is 3. The standard InChI is InChI=1S/C25H30ClI2N3O4/c1-16(11-26)14-34-20-7-4-17(5-8-20)25(2,3)18-6-9-23(21(27)10-18)35-15-19(33)12-31-24(28)22(13-32)29-30-31/h4-10,16,19,32-33H,11-15H2,1-3H3/t16-,19-/m1/s1/i28-4. The van der Waals surface area contributed by atoms with E-state index in [1.807, 2.05) is 18.2 Å². The molecule has 1 aromatic heterocycles. The maximum Gasteiger partial charge on any atom is 0.132 e. The SMILES string of the molecule is C[C@H](CCl)COc1ccc(C(C)(C)c2ccc(OC[C@H](O)Cn3nnc(CO)c3[123I])c(I)c2)cc1. The van der Waals surface area contributed by atoms with E-state index in [0.29, 0.717) is 33.5 Å². The number of aliphatic hydroxyl groups excluding tert-OH is 2. The zero-order valence-electron chi connectivity index (χ0n) is 19.9. The molecule has 2 N–H and O–H groups in total. The molecule has 3 rings (SSSR count). The van der Waals surface area contributed by atoms with E-state index < -0.39 is 6.10 Å². The maximum atomic E-state index is 10.4. The van der Waals surface area contributed by atoms with Crippen LogP contribution in [0.3, 0.4) is 0 Å². The van der Waals surface area contributed by atoms with Gasteiger partial charge in [0.1, 0.15) is 33.6 Å². The Bertz CT molecular complexity index is 1110. The smallest absolute Gasteiger partial charge is 0.132 e. The summed E-state index contributed by atoms with van der Waals surface area (Å²) in [7, 11) is 0. The van der Waals surface area contributed by atoms with Gasteiger partial charge < -0.3 is 19.7 Å². The van der Waals surface area contributed by atoms with E-state index >= 15 is 0 Å². The molecule has 1 heterocycles. The highest BCUT2D eigenvalue weighted by molar-refractivity contribution is 14.1. The highest BCUT2D eigenvalue weighted by Gasteiger charge is 2.24. The molecular weight excluding hydrogens is 692 g/mol. The maximum absolute atomic E-state index is 10.4. The van der Waals surface area contributed by atoms with Gasteiger partial charge in [0.05, 0.1) is 23.3 Å². The number of hydrogen-bond donors (Lipinski definition) is 2. The number of ether oxygens (including phenoxy) is 2. The third kappa shape index (κ3) is 7.43. The average molecular weight is 722 g/mol. The Kier molecular flexibility index (Phi) is 10.5. The molecule has 2 atom stereocenters. The zero-order chi connectivity index (χ0) is 25.6. The number of hydrogen-bond acceptors (Lipinski definition) is 6. The number of alkyl halides is 1. The third-order valence-corrected chi connectivity index (χ3v) is 8.28. The van der Waals surface area contributed by atoms with Crippen LogP contribution in [0.1, 0.15) is 37.6 Å². The van der Waals surface area contributed by atoms with Crippen molar-refractivity contribution in [2.24, 2.45) is 5.92 Å². The first kappa shape index (κ1) is 28.4. The fraction of sp³-hybridized carbons (Fsp3) is 0.440. The van der Waals surface area contributed by atoms with Crippen molar-refractivity contribution in [3.05, 3.63) is 66.6 Å². The largest absolute Gasteiger partial charge is 0.493 e. The van der Waals surface area contributed by atoms with Crippen molar-refractivity contribution in [2.75, 3.05) is 19.1 Å². The predicted octanol–water partition coefficient (Wildman–Crippen LogP) is 5.00. The van der Waals surface area contributed by atoms with Gasteiger partial charge in [-0.2, -0.15) is 0 Å². The van der Waals surface area contributed by atoms with Crippen LogP contribution in [-0.2, 0) is 18.6 Å². The predicted molar refractivity (Wildman–Crippen MR) is 153 cm³/mol. The van der Waals surface area contributed by atoms with Crippen LogP contribution in [0.25, 0.3) is 0 Å². The first-order chi connectivity index (χ1) is 16.6. The summed E-state index contributed by atoms with van der Waals surface area (Å²) >= 11 is 10.2. The Morgan fingerprint density at radius 1 is 1.11 bits per heavy atom. The molecule has 0 bridgehead atoms. The Morgan fingerprint density at radius 2 is 1.80 bits per heavy atom. The number of rotatable bonds is 12. The molecule has 0 fully saturated rings. The summed E-state index contributed by atoms with van der Waals surface area (Å²) in [5, 5.41) is 27.5. The average Bonchev–Trinajstić information content (AvgIpc) is 3.20. The molecular formula is C25H30ClI2N3O4. The van der Waals surface area contributed by atoms with Crippen molar-refractivity contribution in [2.45, 2.75) is 45.4 Å². The number of halogens is 3. The van der Waals surface area contributed by atoms with Crippen LogP contribution < -0.4 is 9.47 Å². The van der Waals surface area contributed by atoms with Gasteiger partial charge >= 0.3 is 0 Å². The van der Waals surface area contributed by atoms with Gasteiger partial charge in [0.15, 0.2) is 0 Å². The molecule has 2 aromatic carbocycles. The van der Waals surface area contributed by atoms with Crippen molar-refractivity contribution in [3.8, 4) is 11.5 Å². The van der Waals surface area contributed by atoms with Crippen LogP contribution in [0.15, 0.2) is 42.5 Å². The summed E-state index contributed by atoms with van der Waals surface area (Å²) in [4.78, 5) is 0. The number of benzene rings is 2. The Balaban J connectivity index is 1.62. The number of nitrogens with zero attached hydrogens (tertiary/aromatic N) is 3. The fourth-order valence-electron chi connectivity index (χ4n) is 3.41. The van der Waals surface area contributed by atoms with E-state index in [2.05, 4.69) is 101 Å². The zero-order valence-corrected chi connectivity index (χ0v) is 25.0. The first-order valence-electron chi connectivity index (χ1n) is 11.2. The fourth-order valence-corrected chi connectivity index (χ4v) is 4.75. The molecule has 0 unspecified atom stereocenters. The van der Waals surface area contributed by atoms with Crippen LogP contribution in [0.2, 0.25) is 0 Å². The lowest BCUT2D eigenvalue weighted by Crippen LogP contribution is -2.25. The molecule has 0 aliphatic carbocycles. The second-order valence-electron chi connectivity index (χ2n) is 9.00. The molecule has 190 valence electrons. The van der Waals surface area contributed by atoms with Gasteiger partial charge in [0.25, 0.3) is 0 Å². The Morgan fingerprint density at radius 3 is 2.40 bits per heavy atom. The van der Waals surface area contributed by atoms with Gasteiger partial charge in [-0.05, 0) is 80.6 Å². The lowest BCUT2D eigenvalue weighted by atomic mass is 9.78. The summed E-state index contributed by atoms with van der Waals surface area (Å²) in [6.07, 6.45) is -0.767. The van der Waals surface area contributed by atoms with E-state index in [-0.39, 0.29) is 25.2 Å². The summed E-state index contributed by atoms with van der Waals surface area (Å²) in [6, 6.07) is 14.3. The Hall–Kier alpha value is -1.15. The molecule has 0 aliphatic heterocycles. The number of aliphatic hydroxyl groups is 2. The van der Waals surface area contributed by atoms with Gasteiger partial charge in [-0.1, -0.05) is 44.2 Å². The highest BCUT2D eigenvalue weighted by Crippen LogP contribution is 2.35. The van der Waals surface area contributed by atoms with Gasteiger partial charge in [-0.25, -0.2) is 4.68 Å². The summed E-state index contributed by atoms with van der Waals surface area (Å²) in [5.41, 5.74) is 2.62. The van der Waals surface area contributed by atoms with Gasteiger partial charge in [0.2, 0.25) is 0 Å². The van der Waals surface area contributed by atoms with Crippen molar-refractivity contribution in [1.29, 1.82) is 0 Å². The second kappa shape index (κ2) is 12.9. The molecule has 35 heavy (non-hydrogen) atoms. The van der Waals surface area contributed by atoms with Crippen molar-refractivity contribution < 1.29 is 19.7 Å². The van der Waals surface area contributed by atoms with Crippen LogP contribution in [0, 0.1) is 13.2 Å². The topological polar surface area (TPSA) is 89.6 Å². The van der Waals surface area contributed by atoms with E-state index in [9.17, 15) is 10.2 Å². The monoisotopic (exact) mass is 721 g/mol. The minimum Gasteiger partial charge on any atom is -0.493 e. The molecule has 0 saturated carbocycles. The normalized spacial score (nSPS) is 13.5. The van der Waals surface area contributed by atoms with E-state index in [1.165, 1.54) is 5.56 Å². The van der Waals surface area contributed by atoms with Gasteiger partial charge in [0, 0.05) is 17.2 Å². The van der Waals surface area contributed by atoms with E-state index in [1.54, 1.807) is 4.68 Å². The lowest BCUT2D eigenvalue weighted by Gasteiger charge is -2.27. The van der Waals surface area contributed by atoms with Crippen LogP contribution in [-0.4, -0.2) is 50.4 Å². The second-order valence-corrected chi connectivity index (χ2v) is 11.5. The Labute approximate surface area is 238 Å². The molecule has 0 aliphatic rings. The summed E-state index contributed by atoms with van der Waals surface area (Å²) < 4.78 is 14.9. The van der Waals surface area contributed by atoms with Gasteiger partial charge in [-0.3, -0.25) is 0 Å². The summed E-state index contributed by atoms with van der Waals surface area (Å²) in [5.74, 6) is 2.44. The minimum absolute atomic E-state index is 0.118. The highest BCUT2D eigenvalue weighted by atomic mass is 127. The van der Waals surface area contributed by atoms with Crippen LogP contribution in [0.4, 0.5) is 0 Å². The molecule has 0 amide bonds. The van der Waals surface area contributed by atoms with Crippen molar-refractivity contribution in [3.63, 3.8) is 0 Å². The van der Waals surface area contributed by atoms with Crippen molar-refractivity contribution >= 4 is 56.8 Å². The van der Waals surface area contributed by atoms with Crippen LogP contribution >= 0.6 is 56.8 Å². The molecule has 0 spiro atoms. The van der Waals surface area contributed by atoms with Crippen molar-refractivity contribution in [1.82, 2.24) is 15.0 Å². The molecule has 3 aromatic rings.